The van der Waals surface area contributed by atoms with Crippen LogP contribution < -0.4 is 11.1 Å². The van der Waals surface area contributed by atoms with E-state index in [1.165, 1.54) is 12.3 Å². The Kier molecular flexibility index (Phi) is 5.17. The van der Waals surface area contributed by atoms with Crippen molar-refractivity contribution in [1.29, 1.82) is 0 Å². The minimum atomic E-state index is -0.576. The van der Waals surface area contributed by atoms with Gasteiger partial charge in [-0.3, -0.25) is 4.79 Å². The fourth-order valence-corrected chi connectivity index (χ4v) is 2.40. The second-order valence-corrected chi connectivity index (χ2v) is 5.22. The van der Waals surface area contributed by atoms with Crippen molar-refractivity contribution >= 4 is 23.3 Å². The van der Waals surface area contributed by atoms with E-state index in [0.29, 0.717) is 30.6 Å². The molecule has 7 heteroatoms. The quantitative estimate of drug-likeness (QED) is 0.754. The van der Waals surface area contributed by atoms with E-state index in [-0.39, 0.29) is 11.5 Å². The fourth-order valence-electron chi connectivity index (χ4n) is 2.17. The Labute approximate surface area is 122 Å². The summed E-state index contributed by atoms with van der Waals surface area (Å²) in [6.45, 7) is 1.73. The number of hydrogen-bond acceptors (Lipinski definition) is 5. The second kappa shape index (κ2) is 6.88. The van der Waals surface area contributed by atoms with Crippen LogP contribution >= 0.6 is 11.6 Å². The van der Waals surface area contributed by atoms with Crippen molar-refractivity contribution in [3.8, 4) is 0 Å². The minimum Gasteiger partial charge on any atom is -0.391 e. The first-order chi connectivity index (χ1) is 9.58. The number of ether oxygens (including phenoxy) is 1. The van der Waals surface area contributed by atoms with Crippen LogP contribution in [0.1, 0.15) is 23.2 Å². The van der Waals surface area contributed by atoms with Crippen LogP contribution in [-0.2, 0) is 4.74 Å². The van der Waals surface area contributed by atoms with Crippen molar-refractivity contribution in [1.82, 2.24) is 4.98 Å². The van der Waals surface area contributed by atoms with Gasteiger partial charge in [-0.25, -0.2) is 4.98 Å². The number of aliphatic hydroxyl groups is 1. The van der Waals surface area contributed by atoms with Gasteiger partial charge < -0.3 is 20.9 Å². The van der Waals surface area contributed by atoms with E-state index in [1.54, 1.807) is 0 Å². The molecule has 1 atom stereocenters. The summed E-state index contributed by atoms with van der Waals surface area (Å²) in [5, 5.41) is 13.4. The van der Waals surface area contributed by atoms with Crippen molar-refractivity contribution in [2.45, 2.75) is 18.9 Å². The zero-order chi connectivity index (χ0) is 14.5. The number of primary amides is 1. The Bertz CT molecular complexity index is 478. The summed E-state index contributed by atoms with van der Waals surface area (Å²) in [7, 11) is 0. The van der Waals surface area contributed by atoms with Gasteiger partial charge in [-0.15, -0.1) is 0 Å². The van der Waals surface area contributed by atoms with Crippen LogP contribution in [0.3, 0.4) is 0 Å². The molecule has 0 aliphatic carbocycles. The highest BCUT2D eigenvalue weighted by Crippen LogP contribution is 2.22. The summed E-state index contributed by atoms with van der Waals surface area (Å²) >= 11 is 6.01. The number of rotatable bonds is 5. The zero-order valence-corrected chi connectivity index (χ0v) is 11.8. The van der Waals surface area contributed by atoms with Crippen molar-refractivity contribution in [3.05, 3.63) is 22.8 Å². The van der Waals surface area contributed by atoms with Gasteiger partial charge >= 0.3 is 0 Å². The van der Waals surface area contributed by atoms with Crippen LogP contribution in [0, 0.1) is 5.92 Å². The first kappa shape index (κ1) is 15.0. The van der Waals surface area contributed by atoms with Gasteiger partial charge in [0, 0.05) is 26.0 Å². The molecular weight excluding hydrogens is 282 g/mol. The van der Waals surface area contributed by atoms with E-state index in [4.69, 9.17) is 22.1 Å². The summed E-state index contributed by atoms with van der Waals surface area (Å²) < 4.78 is 5.26. The first-order valence-corrected chi connectivity index (χ1v) is 6.90. The van der Waals surface area contributed by atoms with Gasteiger partial charge in [0.2, 0.25) is 5.91 Å². The molecule has 110 valence electrons. The van der Waals surface area contributed by atoms with Crippen LogP contribution in [0.5, 0.6) is 0 Å². The van der Waals surface area contributed by atoms with Crippen LogP contribution in [0.2, 0.25) is 5.02 Å². The van der Waals surface area contributed by atoms with Gasteiger partial charge in [-0.2, -0.15) is 0 Å². The summed E-state index contributed by atoms with van der Waals surface area (Å²) in [6, 6.07) is 1.46. The zero-order valence-electron chi connectivity index (χ0n) is 11.0. The van der Waals surface area contributed by atoms with Gasteiger partial charge in [0.25, 0.3) is 0 Å². The highest BCUT2D eigenvalue weighted by Gasteiger charge is 2.22. The maximum Gasteiger partial charge on any atom is 0.250 e. The lowest BCUT2D eigenvalue weighted by atomic mass is 9.94. The number of nitrogens with two attached hydrogens (primary N) is 1. The van der Waals surface area contributed by atoms with Gasteiger partial charge in [0.1, 0.15) is 5.82 Å². The fraction of sp³-hybridized carbons (Fsp3) is 0.538. The van der Waals surface area contributed by atoms with E-state index in [2.05, 4.69) is 10.3 Å². The molecular formula is C13H18ClN3O3. The van der Waals surface area contributed by atoms with E-state index in [0.717, 1.165) is 12.8 Å². The van der Waals surface area contributed by atoms with Gasteiger partial charge in [-0.1, -0.05) is 11.6 Å². The normalized spacial score (nSPS) is 17.7. The number of nitrogens with zero attached hydrogens (tertiary/aromatic N) is 1. The third-order valence-electron chi connectivity index (χ3n) is 3.41. The Balaban J connectivity index is 1.91. The van der Waals surface area contributed by atoms with Crippen molar-refractivity contribution < 1.29 is 14.6 Å². The number of anilines is 1. The van der Waals surface area contributed by atoms with Crippen molar-refractivity contribution in [2.24, 2.45) is 11.7 Å². The summed E-state index contributed by atoms with van der Waals surface area (Å²) in [4.78, 5) is 15.0. The molecule has 0 radical (unpaired) electrons. The molecule has 20 heavy (non-hydrogen) atoms. The van der Waals surface area contributed by atoms with Gasteiger partial charge in [0.15, 0.2) is 0 Å². The third kappa shape index (κ3) is 3.82. The van der Waals surface area contributed by atoms with Crippen LogP contribution in [0.15, 0.2) is 12.3 Å². The predicted molar refractivity (Wildman–Crippen MR) is 75.8 cm³/mol. The second-order valence-electron chi connectivity index (χ2n) is 4.82. The Morgan fingerprint density at radius 3 is 2.90 bits per heavy atom. The van der Waals surface area contributed by atoms with Gasteiger partial charge in [-0.05, 0) is 24.8 Å². The smallest absolute Gasteiger partial charge is 0.250 e. The van der Waals surface area contributed by atoms with E-state index in [1.807, 2.05) is 0 Å². The number of halogens is 1. The molecule has 4 N–H and O–H groups in total. The molecule has 2 rings (SSSR count). The highest BCUT2D eigenvalue weighted by atomic mass is 35.5. The molecule has 1 aliphatic heterocycles. The standard InChI is InChI=1S/C13H18ClN3O3/c14-10-5-9(12(15)19)6-16-13(10)17-7-11(18)8-1-3-20-4-2-8/h5-6,8,11,18H,1-4,7H2,(H2,15,19)(H,16,17). The number of aliphatic hydroxyl groups excluding tert-OH is 1. The number of carbonyl (C=O) groups excluding carboxylic acids is 1. The van der Waals surface area contributed by atoms with E-state index < -0.39 is 12.0 Å². The Morgan fingerprint density at radius 1 is 1.60 bits per heavy atom. The highest BCUT2D eigenvalue weighted by molar-refractivity contribution is 6.33. The molecule has 1 aromatic heterocycles. The van der Waals surface area contributed by atoms with Crippen LogP contribution in [-0.4, -0.2) is 41.9 Å². The molecule has 1 unspecified atom stereocenters. The van der Waals surface area contributed by atoms with E-state index in [9.17, 15) is 9.90 Å². The van der Waals surface area contributed by atoms with Crippen LogP contribution in [0.4, 0.5) is 5.82 Å². The molecule has 1 aliphatic rings. The molecule has 0 saturated carbocycles. The predicted octanol–water partition coefficient (Wildman–Crippen LogP) is 1.03. The maximum atomic E-state index is 11.0. The summed E-state index contributed by atoms with van der Waals surface area (Å²) in [5.74, 6) is 0.0795. The number of nitrogens with one attached hydrogen (secondary N) is 1. The summed E-state index contributed by atoms with van der Waals surface area (Å²) in [6.07, 6.45) is 2.58. The number of carbonyl (C=O) groups is 1. The molecule has 1 aromatic rings. The lowest BCUT2D eigenvalue weighted by molar-refractivity contribution is 0.0131. The third-order valence-corrected chi connectivity index (χ3v) is 3.70. The Hall–Kier alpha value is -1.37. The molecule has 0 aromatic carbocycles. The lowest BCUT2D eigenvalue weighted by Crippen LogP contribution is -2.32. The molecule has 2 heterocycles. The number of pyridine rings is 1. The van der Waals surface area contributed by atoms with Gasteiger partial charge in [0.05, 0.1) is 16.7 Å². The Morgan fingerprint density at radius 2 is 2.30 bits per heavy atom. The van der Waals surface area contributed by atoms with Crippen molar-refractivity contribution in [3.63, 3.8) is 0 Å². The average molecular weight is 300 g/mol. The lowest BCUT2D eigenvalue weighted by Gasteiger charge is -2.27. The molecule has 1 saturated heterocycles. The number of hydrogen-bond donors (Lipinski definition) is 3. The monoisotopic (exact) mass is 299 g/mol. The maximum absolute atomic E-state index is 11.0. The SMILES string of the molecule is NC(=O)c1cnc(NCC(O)C2CCOCC2)c(Cl)c1. The summed E-state index contributed by atoms with van der Waals surface area (Å²) in [5.41, 5.74) is 5.40. The minimum absolute atomic E-state index is 0.222. The topological polar surface area (TPSA) is 97.5 Å². The van der Waals surface area contributed by atoms with Crippen LogP contribution in [0.25, 0.3) is 0 Å². The molecule has 0 bridgehead atoms. The average Bonchev–Trinajstić information content (AvgIpc) is 2.46. The molecule has 1 amide bonds. The number of amides is 1. The molecule has 6 nitrogen and oxygen atoms in total. The van der Waals surface area contributed by atoms with E-state index >= 15 is 0 Å². The first-order valence-electron chi connectivity index (χ1n) is 6.53. The molecule has 0 spiro atoms. The molecule has 1 fully saturated rings. The number of aromatic nitrogens is 1. The van der Waals surface area contributed by atoms with Crippen molar-refractivity contribution in [2.75, 3.05) is 25.1 Å². The largest absolute Gasteiger partial charge is 0.391 e.